The van der Waals surface area contributed by atoms with Gasteiger partial charge in [-0.05, 0) is 17.7 Å². The number of aliphatic hydroxyl groups is 2. The van der Waals surface area contributed by atoms with E-state index in [0.29, 0.717) is 23.3 Å². The van der Waals surface area contributed by atoms with Crippen molar-refractivity contribution in [2.45, 2.75) is 37.4 Å². The van der Waals surface area contributed by atoms with Crippen LogP contribution in [0.15, 0.2) is 36.9 Å². The summed E-state index contributed by atoms with van der Waals surface area (Å²) in [7, 11) is 1.50. The number of nitrogens with zero attached hydrogens (tertiary/aromatic N) is 5. The predicted molar refractivity (Wildman–Crippen MR) is 109 cm³/mol. The SMILES string of the molecule is CN(C=O)C(OCc1ccc(N)cc1)[C@H]1O[C@@H](n2cnc3c(N)ncnc32)[C@H](O)[C@@H]1O. The van der Waals surface area contributed by atoms with Crippen molar-refractivity contribution in [2.24, 2.45) is 0 Å². The number of aromatic nitrogens is 4. The Balaban J connectivity index is 1.57. The Morgan fingerprint density at radius 3 is 2.68 bits per heavy atom. The molecule has 164 valence electrons. The molecule has 12 nitrogen and oxygen atoms in total. The first-order valence-electron chi connectivity index (χ1n) is 9.48. The fourth-order valence-corrected chi connectivity index (χ4v) is 3.51. The Bertz CT molecular complexity index is 1060. The average Bonchev–Trinajstić information content (AvgIpc) is 3.32. The molecule has 1 aliphatic heterocycles. The van der Waals surface area contributed by atoms with Crippen LogP contribution in [-0.4, -0.2) is 72.6 Å². The van der Waals surface area contributed by atoms with E-state index in [1.807, 2.05) is 0 Å². The Hall–Kier alpha value is -3.32. The van der Waals surface area contributed by atoms with Crippen molar-refractivity contribution in [3.63, 3.8) is 0 Å². The summed E-state index contributed by atoms with van der Waals surface area (Å²) in [5, 5.41) is 21.4. The number of hydrogen-bond donors (Lipinski definition) is 4. The molecule has 31 heavy (non-hydrogen) atoms. The molecule has 0 saturated carbocycles. The molecule has 1 aromatic carbocycles. The molecule has 3 heterocycles. The minimum atomic E-state index is -1.35. The van der Waals surface area contributed by atoms with Crippen LogP contribution in [0, 0.1) is 0 Å². The zero-order valence-electron chi connectivity index (χ0n) is 16.6. The normalized spacial score (nSPS) is 24.4. The maximum Gasteiger partial charge on any atom is 0.211 e. The number of imidazole rings is 1. The average molecular weight is 429 g/mol. The quantitative estimate of drug-likeness (QED) is 0.212. The topological polar surface area (TPSA) is 175 Å². The molecular formula is C19H23N7O5. The number of nitrogens with two attached hydrogens (primary N) is 2. The molecule has 0 radical (unpaired) electrons. The highest BCUT2D eigenvalue weighted by atomic mass is 16.6. The van der Waals surface area contributed by atoms with Crippen molar-refractivity contribution in [3.05, 3.63) is 42.5 Å². The summed E-state index contributed by atoms with van der Waals surface area (Å²) in [6, 6.07) is 7.04. The molecule has 12 heteroatoms. The smallest absolute Gasteiger partial charge is 0.211 e. The molecule has 2 aromatic heterocycles. The number of rotatable bonds is 7. The molecule has 6 N–H and O–H groups in total. The summed E-state index contributed by atoms with van der Waals surface area (Å²) in [4.78, 5) is 24.9. The van der Waals surface area contributed by atoms with Gasteiger partial charge in [-0.3, -0.25) is 9.36 Å². The van der Waals surface area contributed by atoms with Crippen LogP contribution in [0.1, 0.15) is 11.8 Å². The number of ether oxygens (including phenoxy) is 2. The van der Waals surface area contributed by atoms with E-state index in [4.69, 9.17) is 20.9 Å². The number of hydrogen-bond acceptors (Lipinski definition) is 10. The van der Waals surface area contributed by atoms with E-state index < -0.39 is 30.8 Å². The van der Waals surface area contributed by atoms with Crippen molar-refractivity contribution in [1.29, 1.82) is 0 Å². The van der Waals surface area contributed by atoms with Gasteiger partial charge in [0, 0.05) is 12.7 Å². The molecule has 0 bridgehead atoms. The number of nitrogen functional groups attached to an aromatic ring is 2. The van der Waals surface area contributed by atoms with Crippen LogP contribution >= 0.6 is 0 Å². The second-order valence-corrected chi connectivity index (χ2v) is 7.27. The predicted octanol–water partition coefficient (Wildman–Crippen LogP) is -0.759. The highest BCUT2D eigenvalue weighted by Gasteiger charge is 2.49. The molecular weight excluding hydrogens is 406 g/mol. The first-order valence-corrected chi connectivity index (χ1v) is 9.48. The van der Waals surface area contributed by atoms with Crippen molar-refractivity contribution in [3.8, 4) is 0 Å². The summed E-state index contributed by atoms with van der Waals surface area (Å²) in [6.07, 6.45) is -2.50. The standard InChI is InChI=1S/C19H23N7O5/c1-25(9-27)19(30-6-10-2-4-11(20)5-3-10)15-13(28)14(29)18(31-15)26-8-24-12-16(21)22-7-23-17(12)26/h2-5,7-9,13-15,18-19,28-29H,6,20H2,1H3,(H2,21,22,23)/t13-,14+,15-,18+,19?/m0/s1. The maximum atomic E-state index is 11.5. The summed E-state index contributed by atoms with van der Waals surface area (Å²) in [5.74, 6) is 0.179. The third-order valence-corrected chi connectivity index (χ3v) is 5.19. The first-order chi connectivity index (χ1) is 14.9. The molecule has 1 saturated heterocycles. The lowest BCUT2D eigenvalue weighted by molar-refractivity contribution is -0.169. The summed E-state index contributed by atoms with van der Waals surface area (Å²) < 4.78 is 13.3. The fraction of sp³-hybridized carbons (Fsp3) is 0.368. The van der Waals surface area contributed by atoms with Crippen LogP contribution in [0.2, 0.25) is 0 Å². The number of benzene rings is 1. The zero-order valence-corrected chi connectivity index (χ0v) is 16.6. The van der Waals surface area contributed by atoms with E-state index in [0.717, 1.165) is 5.56 Å². The van der Waals surface area contributed by atoms with Gasteiger partial charge in [0.05, 0.1) is 12.9 Å². The Labute approximate surface area is 177 Å². The minimum Gasteiger partial charge on any atom is -0.399 e. The first kappa shape index (κ1) is 20.9. The van der Waals surface area contributed by atoms with E-state index in [9.17, 15) is 15.0 Å². The molecule has 1 unspecified atom stereocenters. The van der Waals surface area contributed by atoms with Gasteiger partial charge >= 0.3 is 0 Å². The van der Waals surface area contributed by atoms with Crippen LogP contribution in [0.3, 0.4) is 0 Å². The van der Waals surface area contributed by atoms with Gasteiger partial charge < -0.3 is 36.1 Å². The van der Waals surface area contributed by atoms with Gasteiger partial charge in [-0.2, -0.15) is 0 Å². The van der Waals surface area contributed by atoms with Crippen molar-refractivity contribution in [1.82, 2.24) is 24.4 Å². The van der Waals surface area contributed by atoms with E-state index in [1.165, 1.54) is 29.2 Å². The molecule has 0 spiro atoms. The molecule has 0 aliphatic carbocycles. The van der Waals surface area contributed by atoms with Crippen LogP contribution in [-0.2, 0) is 20.9 Å². The van der Waals surface area contributed by atoms with Crippen LogP contribution in [0.25, 0.3) is 11.2 Å². The lowest BCUT2D eigenvalue weighted by Crippen LogP contribution is -2.48. The van der Waals surface area contributed by atoms with E-state index in [1.54, 1.807) is 24.3 Å². The minimum absolute atomic E-state index is 0.133. The van der Waals surface area contributed by atoms with Gasteiger partial charge in [-0.1, -0.05) is 12.1 Å². The van der Waals surface area contributed by atoms with Gasteiger partial charge in [0.1, 0.15) is 30.2 Å². The van der Waals surface area contributed by atoms with Crippen LogP contribution in [0.4, 0.5) is 11.5 Å². The van der Waals surface area contributed by atoms with E-state index >= 15 is 0 Å². The maximum absolute atomic E-state index is 11.5. The number of carbonyl (C=O) groups is 1. The molecule has 1 amide bonds. The number of carbonyl (C=O) groups excluding carboxylic acids is 1. The van der Waals surface area contributed by atoms with E-state index in [2.05, 4.69) is 15.0 Å². The number of anilines is 2. The Kier molecular flexibility index (Phi) is 5.69. The molecule has 3 aromatic rings. The fourth-order valence-electron chi connectivity index (χ4n) is 3.51. The second kappa shape index (κ2) is 8.43. The third-order valence-electron chi connectivity index (χ3n) is 5.19. The zero-order chi connectivity index (χ0) is 22.1. The highest BCUT2D eigenvalue weighted by Crippen LogP contribution is 2.34. The number of likely N-dealkylation sites (N-methyl/N-ethyl adjacent to an activating group) is 1. The van der Waals surface area contributed by atoms with Crippen LogP contribution in [0.5, 0.6) is 0 Å². The number of fused-ring (bicyclic) bond motifs is 1. The number of amides is 1. The third kappa shape index (κ3) is 3.88. The molecule has 5 atom stereocenters. The van der Waals surface area contributed by atoms with E-state index in [-0.39, 0.29) is 12.4 Å². The molecule has 4 rings (SSSR count). The summed E-state index contributed by atoms with van der Waals surface area (Å²) in [6.45, 7) is 0.133. The van der Waals surface area contributed by atoms with Crippen molar-refractivity contribution < 1.29 is 24.5 Å². The second-order valence-electron chi connectivity index (χ2n) is 7.27. The van der Waals surface area contributed by atoms with Crippen LogP contribution < -0.4 is 11.5 Å². The van der Waals surface area contributed by atoms with Crippen molar-refractivity contribution >= 4 is 29.1 Å². The summed E-state index contributed by atoms with van der Waals surface area (Å²) >= 11 is 0. The van der Waals surface area contributed by atoms with Gasteiger partial charge in [-0.25, -0.2) is 15.0 Å². The van der Waals surface area contributed by atoms with Crippen molar-refractivity contribution in [2.75, 3.05) is 18.5 Å². The van der Waals surface area contributed by atoms with Gasteiger partial charge in [0.15, 0.2) is 23.9 Å². The lowest BCUT2D eigenvalue weighted by Gasteiger charge is -2.31. The largest absolute Gasteiger partial charge is 0.399 e. The summed E-state index contributed by atoms with van der Waals surface area (Å²) in [5.41, 5.74) is 13.6. The lowest BCUT2D eigenvalue weighted by atomic mass is 10.1. The Morgan fingerprint density at radius 1 is 1.23 bits per heavy atom. The highest BCUT2D eigenvalue weighted by molar-refractivity contribution is 5.81. The van der Waals surface area contributed by atoms with Gasteiger partial charge in [0.2, 0.25) is 6.41 Å². The number of aliphatic hydroxyl groups excluding tert-OH is 2. The van der Waals surface area contributed by atoms with Gasteiger partial charge in [0.25, 0.3) is 0 Å². The molecule has 1 fully saturated rings. The monoisotopic (exact) mass is 429 g/mol. The Morgan fingerprint density at radius 2 is 1.97 bits per heavy atom. The van der Waals surface area contributed by atoms with Gasteiger partial charge in [-0.15, -0.1) is 0 Å². The molecule has 1 aliphatic rings.